The van der Waals surface area contributed by atoms with E-state index in [1.54, 1.807) is 26.2 Å². The predicted octanol–water partition coefficient (Wildman–Crippen LogP) is 3.93. The smallest absolute Gasteiger partial charge is 0.336 e. The molecule has 196 valence electrons. The Kier molecular flexibility index (Phi) is 9.14. The maximum atomic E-state index is 13.2. The Morgan fingerprint density at radius 1 is 0.757 bits per heavy atom. The zero-order valence-electron chi connectivity index (χ0n) is 22.1. The summed E-state index contributed by atoms with van der Waals surface area (Å²) in [6.07, 6.45) is 3.60. The van der Waals surface area contributed by atoms with Crippen LogP contribution in [0.15, 0.2) is 78.1 Å². The minimum Gasteiger partial charge on any atom is -0.463 e. The molecule has 0 bridgehead atoms. The number of hydrogen-bond donors (Lipinski definition) is 0. The molecule has 0 saturated carbocycles. The average molecular weight is 504 g/mol. The fraction of sp³-hybridized carbons (Fsp3) is 0.400. The molecule has 0 atom stereocenters. The van der Waals surface area contributed by atoms with Gasteiger partial charge >= 0.3 is 11.9 Å². The molecule has 0 spiro atoms. The minimum atomic E-state index is -0.567. The molecule has 7 nitrogen and oxygen atoms in total. The van der Waals surface area contributed by atoms with Gasteiger partial charge in [0.15, 0.2) is 0 Å². The van der Waals surface area contributed by atoms with Crippen LogP contribution in [0, 0.1) is 0 Å². The van der Waals surface area contributed by atoms with Crippen molar-refractivity contribution in [1.82, 2.24) is 14.7 Å². The van der Waals surface area contributed by atoms with Crippen LogP contribution in [0.4, 0.5) is 0 Å². The molecule has 0 amide bonds. The van der Waals surface area contributed by atoms with Crippen LogP contribution in [0.1, 0.15) is 36.5 Å². The summed E-state index contributed by atoms with van der Waals surface area (Å²) in [4.78, 5) is 33.0. The molecule has 0 aliphatic carbocycles. The molecule has 0 aromatic heterocycles. The van der Waals surface area contributed by atoms with Gasteiger partial charge in [-0.1, -0.05) is 54.6 Å². The summed E-state index contributed by atoms with van der Waals surface area (Å²) in [5.41, 5.74) is 3.98. The van der Waals surface area contributed by atoms with E-state index in [4.69, 9.17) is 9.47 Å². The second-order valence-corrected chi connectivity index (χ2v) is 9.52. The Morgan fingerprint density at radius 3 is 1.84 bits per heavy atom. The zero-order valence-corrected chi connectivity index (χ0v) is 22.1. The van der Waals surface area contributed by atoms with Crippen molar-refractivity contribution in [2.24, 2.45) is 0 Å². The Bertz CT molecular complexity index is 1080. The van der Waals surface area contributed by atoms with Crippen LogP contribution in [-0.2, 0) is 32.2 Å². The predicted molar refractivity (Wildman–Crippen MR) is 143 cm³/mol. The van der Waals surface area contributed by atoms with Crippen LogP contribution in [-0.4, -0.2) is 73.1 Å². The summed E-state index contributed by atoms with van der Waals surface area (Å²) in [5.74, 6) is -1.42. The van der Waals surface area contributed by atoms with Gasteiger partial charge in [-0.25, -0.2) is 9.59 Å². The van der Waals surface area contributed by atoms with Gasteiger partial charge in [0.25, 0.3) is 0 Å². The van der Waals surface area contributed by atoms with Gasteiger partial charge in [0.05, 0.1) is 30.3 Å². The van der Waals surface area contributed by atoms with Crippen molar-refractivity contribution in [3.8, 4) is 0 Å². The molecule has 1 fully saturated rings. The van der Waals surface area contributed by atoms with Crippen molar-refractivity contribution in [2.45, 2.75) is 32.9 Å². The van der Waals surface area contributed by atoms with Crippen LogP contribution < -0.4 is 0 Å². The first-order chi connectivity index (χ1) is 18.0. The van der Waals surface area contributed by atoms with Gasteiger partial charge in [-0.15, -0.1) is 0 Å². The number of piperazine rings is 1. The van der Waals surface area contributed by atoms with Crippen molar-refractivity contribution < 1.29 is 19.1 Å². The molecule has 1 saturated heterocycles. The molecular formula is C30H37N3O4. The van der Waals surface area contributed by atoms with Crippen LogP contribution in [0.5, 0.6) is 0 Å². The number of likely N-dealkylation sites (N-methyl/N-ethyl adjacent to an activating group) is 1. The van der Waals surface area contributed by atoms with Crippen LogP contribution in [0.3, 0.4) is 0 Å². The monoisotopic (exact) mass is 503 g/mol. The van der Waals surface area contributed by atoms with Gasteiger partial charge in [0.1, 0.15) is 0 Å². The third-order valence-electron chi connectivity index (χ3n) is 6.78. The van der Waals surface area contributed by atoms with Gasteiger partial charge in [-0.05, 0) is 37.6 Å². The van der Waals surface area contributed by atoms with Crippen molar-refractivity contribution in [3.63, 3.8) is 0 Å². The lowest BCUT2D eigenvalue weighted by Gasteiger charge is -2.32. The second-order valence-electron chi connectivity index (χ2n) is 9.52. The number of esters is 2. The number of carbonyl (C=O) groups is 2. The highest BCUT2D eigenvalue weighted by atomic mass is 16.5. The molecule has 37 heavy (non-hydrogen) atoms. The quantitative estimate of drug-likeness (QED) is 0.481. The van der Waals surface area contributed by atoms with E-state index in [1.807, 2.05) is 47.4 Å². The third kappa shape index (κ3) is 6.87. The largest absolute Gasteiger partial charge is 0.463 e. The summed E-state index contributed by atoms with van der Waals surface area (Å²) in [6.45, 7) is 9.71. The standard InChI is InChI=1S/C30H37N3O4/c1-4-36-29(34)26-21-33(20-23-9-7-6-8-10-23)22-27(30(35)37-5-2)28(26)25-13-11-24(12-14-25)19-32-17-15-31(3)16-18-32/h6-14,21-22,28H,4-5,15-20H2,1-3H3. The van der Waals surface area contributed by atoms with Crippen LogP contribution >= 0.6 is 0 Å². The molecule has 0 radical (unpaired) electrons. The minimum absolute atomic E-state index is 0.254. The second kappa shape index (κ2) is 12.7. The molecule has 7 heteroatoms. The first-order valence-electron chi connectivity index (χ1n) is 13.1. The molecule has 2 aliphatic heterocycles. The van der Waals surface area contributed by atoms with Crippen molar-refractivity contribution in [2.75, 3.05) is 46.4 Å². The van der Waals surface area contributed by atoms with E-state index in [0.29, 0.717) is 17.7 Å². The molecule has 2 aliphatic rings. The van der Waals surface area contributed by atoms with Gasteiger partial charge in [-0.2, -0.15) is 0 Å². The number of hydrogen-bond acceptors (Lipinski definition) is 7. The fourth-order valence-electron chi connectivity index (χ4n) is 4.81. The number of rotatable bonds is 9. The molecular weight excluding hydrogens is 466 g/mol. The summed E-state index contributed by atoms with van der Waals surface area (Å²) in [5, 5.41) is 0. The SMILES string of the molecule is CCOC(=O)C1=CN(Cc2ccccc2)C=C(C(=O)OCC)C1c1ccc(CN2CCN(C)CC2)cc1. The summed E-state index contributed by atoms with van der Waals surface area (Å²) < 4.78 is 10.9. The Labute approximate surface area is 219 Å². The fourth-order valence-corrected chi connectivity index (χ4v) is 4.81. The van der Waals surface area contributed by atoms with E-state index in [-0.39, 0.29) is 13.2 Å². The van der Waals surface area contributed by atoms with Crippen molar-refractivity contribution in [1.29, 1.82) is 0 Å². The highest BCUT2D eigenvalue weighted by molar-refractivity contribution is 5.98. The molecule has 4 rings (SSSR count). The lowest BCUT2D eigenvalue weighted by atomic mass is 9.83. The van der Waals surface area contributed by atoms with Gasteiger partial charge < -0.3 is 19.3 Å². The molecule has 2 heterocycles. The maximum Gasteiger partial charge on any atom is 0.336 e. The van der Waals surface area contributed by atoms with E-state index in [9.17, 15) is 9.59 Å². The van der Waals surface area contributed by atoms with E-state index in [0.717, 1.165) is 43.9 Å². The summed E-state index contributed by atoms with van der Waals surface area (Å²) in [6, 6.07) is 18.2. The highest BCUT2D eigenvalue weighted by Crippen LogP contribution is 2.37. The lowest BCUT2D eigenvalue weighted by Crippen LogP contribution is -2.43. The molecule has 2 aromatic carbocycles. The van der Waals surface area contributed by atoms with E-state index >= 15 is 0 Å². The summed E-state index contributed by atoms with van der Waals surface area (Å²) in [7, 11) is 2.15. The van der Waals surface area contributed by atoms with Crippen molar-refractivity contribution >= 4 is 11.9 Å². The van der Waals surface area contributed by atoms with Gasteiger partial charge in [0.2, 0.25) is 0 Å². The first-order valence-corrected chi connectivity index (χ1v) is 13.1. The zero-order chi connectivity index (χ0) is 26.2. The third-order valence-corrected chi connectivity index (χ3v) is 6.78. The summed E-state index contributed by atoms with van der Waals surface area (Å²) >= 11 is 0. The average Bonchev–Trinajstić information content (AvgIpc) is 2.91. The van der Waals surface area contributed by atoms with Gasteiger partial charge in [0, 0.05) is 51.7 Å². The number of nitrogens with zero attached hydrogens (tertiary/aromatic N) is 3. The first kappa shape index (κ1) is 26.6. The van der Waals surface area contributed by atoms with E-state index in [2.05, 4.69) is 29.0 Å². The number of ether oxygens (including phenoxy) is 2. The van der Waals surface area contributed by atoms with Crippen LogP contribution in [0.2, 0.25) is 0 Å². The number of benzene rings is 2. The Morgan fingerprint density at radius 2 is 1.30 bits per heavy atom. The maximum absolute atomic E-state index is 13.2. The van der Waals surface area contributed by atoms with Crippen LogP contribution in [0.25, 0.3) is 0 Å². The van der Waals surface area contributed by atoms with Crippen molar-refractivity contribution in [3.05, 3.63) is 94.8 Å². The van der Waals surface area contributed by atoms with E-state index < -0.39 is 17.9 Å². The lowest BCUT2D eigenvalue weighted by molar-refractivity contribution is -0.139. The topological polar surface area (TPSA) is 62.3 Å². The number of carbonyl (C=O) groups excluding carboxylic acids is 2. The highest BCUT2D eigenvalue weighted by Gasteiger charge is 2.35. The molecule has 0 N–H and O–H groups in total. The normalized spacial score (nSPS) is 17.2. The molecule has 2 aromatic rings. The van der Waals surface area contributed by atoms with E-state index in [1.165, 1.54) is 5.56 Å². The van der Waals surface area contributed by atoms with Gasteiger partial charge in [-0.3, -0.25) is 4.90 Å². The Hall–Kier alpha value is -3.42. The Balaban J connectivity index is 1.64. The molecule has 0 unspecified atom stereocenters.